The number of carboxylic acid groups (broad SMARTS) is 2. The van der Waals surface area contributed by atoms with E-state index in [1.54, 1.807) is 0 Å². The fraction of sp³-hybridized carbons (Fsp3) is 0.571. The van der Waals surface area contributed by atoms with E-state index in [-0.39, 0.29) is 13.0 Å². The highest BCUT2D eigenvalue weighted by Gasteiger charge is 2.40. The molecule has 13 heavy (non-hydrogen) atoms. The topological polar surface area (TPSA) is 101 Å². The van der Waals surface area contributed by atoms with Crippen LogP contribution in [0.2, 0.25) is 0 Å². The standard InChI is InChI=1S/C7H8O6/c8-5-1-3(6(9)10)4(2-13-5)7(11)12/h3-4H,1-2H2,(H,9,10)(H,11,12). The molecule has 6 nitrogen and oxygen atoms in total. The molecule has 2 N–H and O–H groups in total. The highest BCUT2D eigenvalue weighted by Crippen LogP contribution is 2.22. The summed E-state index contributed by atoms with van der Waals surface area (Å²) in [6.07, 6.45) is -0.369. The first-order valence-electron chi connectivity index (χ1n) is 3.63. The van der Waals surface area contributed by atoms with E-state index in [0.717, 1.165) is 0 Å². The van der Waals surface area contributed by atoms with E-state index >= 15 is 0 Å². The van der Waals surface area contributed by atoms with Crippen LogP contribution in [0.3, 0.4) is 0 Å². The molecule has 2 atom stereocenters. The Morgan fingerprint density at radius 1 is 1.23 bits per heavy atom. The van der Waals surface area contributed by atoms with Gasteiger partial charge in [0.05, 0.1) is 12.3 Å². The van der Waals surface area contributed by atoms with E-state index in [9.17, 15) is 14.4 Å². The molecule has 1 saturated heterocycles. The number of rotatable bonds is 2. The molecular formula is C7H8O6. The quantitative estimate of drug-likeness (QED) is 0.557. The van der Waals surface area contributed by atoms with Crippen molar-refractivity contribution < 1.29 is 29.3 Å². The van der Waals surface area contributed by atoms with Crippen molar-refractivity contribution in [3.8, 4) is 0 Å². The summed E-state index contributed by atoms with van der Waals surface area (Å²) < 4.78 is 4.45. The first kappa shape index (κ1) is 9.50. The summed E-state index contributed by atoms with van der Waals surface area (Å²) in [4.78, 5) is 31.7. The monoisotopic (exact) mass is 188 g/mol. The zero-order valence-corrected chi connectivity index (χ0v) is 6.60. The highest BCUT2D eigenvalue weighted by atomic mass is 16.5. The Kier molecular flexibility index (Phi) is 2.50. The Morgan fingerprint density at radius 3 is 2.23 bits per heavy atom. The van der Waals surface area contributed by atoms with Gasteiger partial charge in [0.25, 0.3) is 0 Å². The summed E-state index contributed by atoms with van der Waals surface area (Å²) in [5.74, 6) is -5.48. The molecule has 1 aliphatic heterocycles. The summed E-state index contributed by atoms with van der Waals surface area (Å²) in [5.41, 5.74) is 0. The molecule has 0 saturated carbocycles. The lowest BCUT2D eigenvalue weighted by atomic mass is 9.88. The second kappa shape index (κ2) is 3.42. The first-order chi connectivity index (χ1) is 6.02. The van der Waals surface area contributed by atoms with Gasteiger partial charge in [-0.05, 0) is 0 Å². The zero-order valence-electron chi connectivity index (χ0n) is 6.60. The van der Waals surface area contributed by atoms with Gasteiger partial charge in [-0.2, -0.15) is 0 Å². The van der Waals surface area contributed by atoms with Crippen LogP contribution in [-0.2, 0) is 19.1 Å². The van der Waals surface area contributed by atoms with Crippen LogP contribution < -0.4 is 0 Å². The maximum Gasteiger partial charge on any atom is 0.310 e. The number of hydrogen-bond donors (Lipinski definition) is 2. The smallest absolute Gasteiger partial charge is 0.310 e. The minimum absolute atomic E-state index is 0.356. The van der Waals surface area contributed by atoms with Crippen molar-refractivity contribution in [1.82, 2.24) is 0 Å². The number of carbonyl (C=O) groups is 3. The Hall–Kier alpha value is -1.59. The molecule has 2 unspecified atom stereocenters. The minimum Gasteiger partial charge on any atom is -0.481 e. The summed E-state index contributed by atoms with van der Waals surface area (Å²) in [6, 6.07) is 0. The zero-order chi connectivity index (χ0) is 10.0. The van der Waals surface area contributed by atoms with E-state index in [4.69, 9.17) is 10.2 Å². The SMILES string of the molecule is O=C1CC(C(=O)O)C(C(=O)O)CO1. The summed E-state index contributed by atoms with van der Waals surface area (Å²) >= 11 is 0. The van der Waals surface area contributed by atoms with Crippen molar-refractivity contribution in [2.45, 2.75) is 6.42 Å². The van der Waals surface area contributed by atoms with Gasteiger partial charge in [0, 0.05) is 0 Å². The Labute approximate surface area is 73.1 Å². The number of carboxylic acids is 2. The van der Waals surface area contributed by atoms with Gasteiger partial charge in [-0.1, -0.05) is 0 Å². The van der Waals surface area contributed by atoms with Crippen LogP contribution in [0.5, 0.6) is 0 Å². The number of aliphatic carboxylic acids is 2. The van der Waals surface area contributed by atoms with Crippen LogP contribution in [-0.4, -0.2) is 34.7 Å². The molecule has 1 aliphatic rings. The summed E-state index contributed by atoms with van der Waals surface area (Å²) in [5, 5.41) is 17.2. The molecule has 0 amide bonds. The van der Waals surface area contributed by atoms with E-state index < -0.39 is 29.7 Å². The van der Waals surface area contributed by atoms with Gasteiger partial charge in [0.1, 0.15) is 12.5 Å². The maximum absolute atomic E-state index is 10.7. The second-order valence-electron chi connectivity index (χ2n) is 2.78. The molecule has 72 valence electrons. The van der Waals surface area contributed by atoms with E-state index in [1.807, 2.05) is 0 Å². The van der Waals surface area contributed by atoms with Crippen LogP contribution in [0.1, 0.15) is 6.42 Å². The fourth-order valence-electron chi connectivity index (χ4n) is 1.18. The molecule has 0 radical (unpaired) electrons. The molecule has 0 aliphatic carbocycles. The van der Waals surface area contributed by atoms with Gasteiger partial charge in [-0.15, -0.1) is 0 Å². The molecular weight excluding hydrogens is 180 g/mol. The van der Waals surface area contributed by atoms with Crippen LogP contribution in [0.15, 0.2) is 0 Å². The normalized spacial score (nSPS) is 27.8. The van der Waals surface area contributed by atoms with Gasteiger partial charge in [0.2, 0.25) is 0 Å². The number of esters is 1. The van der Waals surface area contributed by atoms with E-state index in [1.165, 1.54) is 0 Å². The molecule has 1 rings (SSSR count). The Morgan fingerprint density at radius 2 is 1.77 bits per heavy atom. The molecule has 0 aromatic rings. The van der Waals surface area contributed by atoms with Crippen molar-refractivity contribution in [2.75, 3.05) is 6.61 Å². The van der Waals surface area contributed by atoms with Crippen LogP contribution in [0.25, 0.3) is 0 Å². The average molecular weight is 188 g/mol. The molecule has 0 aromatic heterocycles. The van der Waals surface area contributed by atoms with Gasteiger partial charge >= 0.3 is 17.9 Å². The van der Waals surface area contributed by atoms with E-state index in [0.29, 0.717) is 0 Å². The summed E-state index contributed by atoms with van der Waals surface area (Å²) in [7, 11) is 0. The van der Waals surface area contributed by atoms with Crippen molar-refractivity contribution in [1.29, 1.82) is 0 Å². The van der Waals surface area contributed by atoms with Crippen LogP contribution in [0.4, 0.5) is 0 Å². The minimum atomic E-state index is -1.27. The highest BCUT2D eigenvalue weighted by molar-refractivity contribution is 5.86. The third-order valence-electron chi connectivity index (χ3n) is 1.93. The van der Waals surface area contributed by atoms with Gasteiger partial charge < -0.3 is 14.9 Å². The first-order valence-corrected chi connectivity index (χ1v) is 3.63. The second-order valence-corrected chi connectivity index (χ2v) is 2.78. The molecule has 0 bridgehead atoms. The van der Waals surface area contributed by atoms with Crippen molar-refractivity contribution in [3.05, 3.63) is 0 Å². The van der Waals surface area contributed by atoms with Crippen LogP contribution >= 0.6 is 0 Å². The molecule has 6 heteroatoms. The van der Waals surface area contributed by atoms with E-state index in [2.05, 4.69) is 4.74 Å². The van der Waals surface area contributed by atoms with Crippen molar-refractivity contribution >= 4 is 17.9 Å². The molecule has 1 fully saturated rings. The Bertz CT molecular complexity index is 258. The Balaban J connectivity index is 2.77. The lowest BCUT2D eigenvalue weighted by Gasteiger charge is -2.24. The van der Waals surface area contributed by atoms with Gasteiger partial charge in [-0.25, -0.2) is 0 Å². The molecule has 0 spiro atoms. The number of ether oxygens (including phenoxy) is 1. The average Bonchev–Trinajstić information content (AvgIpc) is 2.03. The molecule has 1 heterocycles. The van der Waals surface area contributed by atoms with Gasteiger partial charge in [0.15, 0.2) is 0 Å². The lowest BCUT2D eigenvalue weighted by Crippen LogP contribution is -2.39. The largest absolute Gasteiger partial charge is 0.481 e. The fourth-order valence-corrected chi connectivity index (χ4v) is 1.18. The number of cyclic esters (lactones) is 1. The third kappa shape index (κ3) is 1.95. The predicted octanol–water partition coefficient (Wildman–Crippen LogP) is -0.665. The molecule has 0 aromatic carbocycles. The van der Waals surface area contributed by atoms with Crippen molar-refractivity contribution in [2.24, 2.45) is 11.8 Å². The van der Waals surface area contributed by atoms with Crippen molar-refractivity contribution in [3.63, 3.8) is 0 Å². The van der Waals surface area contributed by atoms with Gasteiger partial charge in [-0.3, -0.25) is 14.4 Å². The predicted molar refractivity (Wildman–Crippen MR) is 37.8 cm³/mol. The summed E-state index contributed by atoms with van der Waals surface area (Å²) in [6.45, 7) is -0.356. The number of hydrogen-bond acceptors (Lipinski definition) is 4. The lowest BCUT2D eigenvalue weighted by molar-refractivity contribution is -0.170. The number of carbonyl (C=O) groups excluding carboxylic acids is 1. The third-order valence-corrected chi connectivity index (χ3v) is 1.93. The maximum atomic E-state index is 10.7. The van der Waals surface area contributed by atoms with Crippen LogP contribution in [0, 0.1) is 11.8 Å².